The van der Waals surface area contributed by atoms with Crippen LogP contribution in [0.15, 0.2) is 36.4 Å². The van der Waals surface area contributed by atoms with E-state index in [1.165, 1.54) is 19.2 Å². The first kappa shape index (κ1) is 15.2. The van der Waals surface area contributed by atoms with Gasteiger partial charge in [-0.2, -0.15) is 0 Å². The maximum atomic E-state index is 12.3. The second kappa shape index (κ2) is 6.49. The molecule has 0 aliphatic rings. The third kappa shape index (κ3) is 3.45. The van der Waals surface area contributed by atoms with Crippen LogP contribution < -0.4 is 4.74 Å². The van der Waals surface area contributed by atoms with Gasteiger partial charge in [-0.3, -0.25) is 4.79 Å². The summed E-state index contributed by atoms with van der Waals surface area (Å²) >= 11 is 18.0. The van der Waals surface area contributed by atoms with Crippen LogP contribution in [0.4, 0.5) is 0 Å². The molecule has 2 rings (SSSR count). The second-order valence-corrected chi connectivity index (χ2v) is 5.45. The summed E-state index contributed by atoms with van der Waals surface area (Å²) in [6.45, 7) is 0. The third-order valence-electron chi connectivity index (χ3n) is 2.80. The summed E-state index contributed by atoms with van der Waals surface area (Å²) in [6.07, 6.45) is 0.211. The maximum absolute atomic E-state index is 12.3. The molecule has 20 heavy (non-hydrogen) atoms. The number of ether oxygens (including phenoxy) is 1. The molecule has 0 amide bonds. The molecule has 0 spiro atoms. The van der Waals surface area contributed by atoms with Crippen molar-refractivity contribution in [2.45, 2.75) is 6.42 Å². The van der Waals surface area contributed by atoms with Crippen LogP contribution in [0.5, 0.6) is 5.75 Å². The Morgan fingerprint density at radius 3 is 2.50 bits per heavy atom. The smallest absolute Gasteiger partial charge is 0.168 e. The highest BCUT2D eigenvalue weighted by Crippen LogP contribution is 2.31. The summed E-state index contributed by atoms with van der Waals surface area (Å²) in [5, 5.41) is 1.26. The minimum Gasteiger partial charge on any atom is -0.495 e. The highest BCUT2D eigenvalue weighted by atomic mass is 35.5. The van der Waals surface area contributed by atoms with Crippen LogP contribution >= 0.6 is 34.8 Å². The number of methoxy groups -OCH3 is 1. The average molecular weight is 330 g/mol. The molecule has 5 heteroatoms. The fourth-order valence-corrected chi connectivity index (χ4v) is 2.54. The summed E-state index contributed by atoms with van der Waals surface area (Å²) in [7, 11) is 1.49. The van der Waals surface area contributed by atoms with Crippen molar-refractivity contribution in [3.05, 3.63) is 62.6 Å². The number of rotatable bonds is 4. The Hall–Kier alpha value is -1.22. The van der Waals surface area contributed by atoms with Gasteiger partial charge in [0.2, 0.25) is 0 Å². The Kier molecular flexibility index (Phi) is 4.92. The standard InChI is InChI=1S/C15H11Cl3O2/c1-20-15-8-12(17)11(7-13(15)18)14(19)6-9-3-2-4-10(16)5-9/h2-5,7-8H,6H2,1H3. The third-order valence-corrected chi connectivity index (χ3v) is 3.64. The van der Waals surface area contributed by atoms with Crippen LogP contribution in [0, 0.1) is 0 Å². The lowest BCUT2D eigenvalue weighted by Crippen LogP contribution is -2.05. The number of carbonyl (C=O) groups excluding carboxylic acids is 1. The van der Waals surface area contributed by atoms with Crippen LogP contribution in [-0.4, -0.2) is 12.9 Å². The van der Waals surface area contributed by atoms with Crippen LogP contribution in [0.3, 0.4) is 0 Å². The van der Waals surface area contributed by atoms with Crippen LogP contribution in [0.1, 0.15) is 15.9 Å². The molecule has 0 aromatic heterocycles. The monoisotopic (exact) mass is 328 g/mol. The molecule has 2 aromatic rings. The van der Waals surface area contributed by atoms with Gasteiger partial charge < -0.3 is 4.74 Å². The number of hydrogen-bond donors (Lipinski definition) is 0. The lowest BCUT2D eigenvalue weighted by atomic mass is 10.0. The molecule has 0 radical (unpaired) electrons. The van der Waals surface area contributed by atoms with E-state index in [1.54, 1.807) is 18.2 Å². The van der Waals surface area contributed by atoms with Crippen molar-refractivity contribution >= 4 is 40.6 Å². The number of Topliss-reactive ketones (excluding diaryl/α,β-unsaturated/α-hetero) is 1. The van der Waals surface area contributed by atoms with Gasteiger partial charge in [-0.25, -0.2) is 0 Å². The van der Waals surface area contributed by atoms with Crippen molar-refractivity contribution in [2.75, 3.05) is 7.11 Å². The van der Waals surface area contributed by atoms with Gasteiger partial charge in [0.1, 0.15) is 5.75 Å². The minimum atomic E-state index is -0.123. The van der Waals surface area contributed by atoms with Crippen molar-refractivity contribution in [3.8, 4) is 5.75 Å². The molecule has 104 valence electrons. The predicted molar refractivity (Wildman–Crippen MR) is 82.5 cm³/mol. The summed E-state index contributed by atoms with van der Waals surface area (Å²) < 4.78 is 5.05. The zero-order valence-electron chi connectivity index (χ0n) is 10.6. The van der Waals surface area contributed by atoms with Crippen molar-refractivity contribution in [2.24, 2.45) is 0 Å². The molecule has 0 heterocycles. The topological polar surface area (TPSA) is 26.3 Å². The zero-order valence-corrected chi connectivity index (χ0v) is 12.9. The maximum Gasteiger partial charge on any atom is 0.168 e. The molecule has 0 bridgehead atoms. The second-order valence-electron chi connectivity index (χ2n) is 4.20. The van der Waals surface area contributed by atoms with Crippen molar-refractivity contribution in [1.82, 2.24) is 0 Å². The van der Waals surface area contributed by atoms with E-state index in [2.05, 4.69) is 0 Å². The van der Waals surface area contributed by atoms with Gasteiger partial charge in [0.05, 0.1) is 17.2 Å². The van der Waals surface area contributed by atoms with E-state index in [-0.39, 0.29) is 12.2 Å². The van der Waals surface area contributed by atoms with Crippen LogP contribution in [-0.2, 0) is 6.42 Å². The van der Waals surface area contributed by atoms with Gasteiger partial charge in [-0.15, -0.1) is 0 Å². The minimum absolute atomic E-state index is 0.123. The van der Waals surface area contributed by atoms with Crippen LogP contribution in [0.2, 0.25) is 15.1 Å². The van der Waals surface area contributed by atoms with E-state index in [0.29, 0.717) is 26.4 Å². The van der Waals surface area contributed by atoms with Gasteiger partial charge in [-0.05, 0) is 23.8 Å². The van der Waals surface area contributed by atoms with Gasteiger partial charge in [0.25, 0.3) is 0 Å². The van der Waals surface area contributed by atoms with Crippen molar-refractivity contribution < 1.29 is 9.53 Å². The Balaban J connectivity index is 2.28. The zero-order chi connectivity index (χ0) is 14.7. The average Bonchev–Trinajstić information content (AvgIpc) is 2.40. The predicted octanol–water partition coefficient (Wildman–Crippen LogP) is 5.08. The SMILES string of the molecule is COc1cc(Cl)c(C(=O)Cc2cccc(Cl)c2)cc1Cl. The Morgan fingerprint density at radius 1 is 1.10 bits per heavy atom. The van der Waals surface area contributed by atoms with Gasteiger partial charge >= 0.3 is 0 Å². The number of ketones is 1. The Morgan fingerprint density at radius 2 is 1.85 bits per heavy atom. The molecular weight excluding hydrogens is 319 g/mol. The van der Waals surface area contributed by atoms with E-state index in [4.69, 9.17) is 39.5 Å². The molecule has 2 aromatic carbocycles. The lowest BCUT2D eigenvalue weighted by molar-refractivity contribution is 0.0993. The summed E-state index contributed by atoms with van der Waals surface area (Å²) in [5.41, 5.74) is 1.20. The number of carbonyl (C=O) groups is 1. The van der Waals surface area contributed by atoms with Gasteiger partial charge in [-0.1, -0.05) is 46.9 Å². The highest BCUT2D eigenvalue weighted by Gasteiger charge is 2.15. The molecule has 0 atom stereocenters. The molecule has 0 saturated heterocycles. The summed E-state index contributed by atoms with van der Waals surface area (Å²) in [6, 6.07) is 10.2. The van der Waals surface area contributed by atoms with Gasteiger partial charge in [0.15, 0.2) is 5.78 Å². The Labute approximate surface area is 132 Å². The molecule has 0 unspecified atom stereocenters. The van der Waals surface area contributed by atoms with Crippen molar-refractivity contribution in [3.63, 3.8) is 0 Å². The van der Waals surface area contributed by atoms with E-state index in [9.17, 15) is 4.79 Å². The van der Waals surface area contributed by atoms with Crippen molar-refractivity contribution in [1.29, 1.82) is 0 Å². The van der Waals surface area contributed by atoms with E-state index in [0.717, 1.165) is 5.56 Å². The quantitative estimate of drug-likeness (QED) is 0.731. The highest BCUT2D eigenvalue weighted by molar-refractivity contribution is 6.37. The molecule has 0 aliphatic carbocycles. The first-order valence-corrected chi connectivity index (χ1v) is 6.95. The molecule has 0 N–H and O–H groups in total. The molecule has 2 nitrogen and oxygen atoms in total. The van der Waals surface area contributed by atoms with Gasteiger partial charge in [0, 0.05) is 23.1 Å². The number of benzene rings is 2. The van der Waals surface area contributed by atoms with E-state index >= 15 is 0 Å². The molecule has 0 fully saturated rings. The molecular formula is C15H11Cl3O2. The fourth-order valence-electron chi connectivity index (χ4n) is 1.83. The summed E-state index contributed by atoms with van der Waals surface area (Å²) in [4.78, 5) is 12.3. The lowest BCUT2D eigenvalue weighted by Gasteiger charge is -2.08. The normalized spacial score (nSPS) is 10.4. The number of halogens is 3. The number of hydrogen-bond acceptors (Lipinski definition) is 2. The molecule has 0 aliphatic heterocycles. The van der Waals surface area contributed by atoms with E-state index in [1.807, 2.05) is 6.07 Å². The fraction of sp³-hybridized carbons (Fsp3) is 0.133. The van der Waals surface area contributed by atoms with E-state index < -0.39 is 0 Å². The molecule has 0 saturated carbocycles. The Bertz CT molecular complexity index is 654. The first-order valence-electron chi connectivity index (χ1n) is 5.82. The summed E-state index contributed by atoms with van der Waals surface area (Å²) in [5.74, 6) is 0.317. The largest absolute Gasteiger partial charge is 0.495 e. The van der Waals surface area contributed by atoms with Crippen LogP contribution in [0.25, 0.3) is 0 Å². The first-order chi connectivity index (χ1) is 9.51.